The lowest BCUT2D eigenvalue weighted by atomic mass is 9.95. The Morgan fingerprint density at radius 1 is 1.26 bits per heavy atom. The van der Waals surface area contributed by atoms with Crippen molar-refractivity contribution in [3.05, 3.63) is 57.3 Å². The third-order valence-electron chi connectivity index (χ3n) is 2.59. The molecule has 0 spiro atoms. The van der Waals surface area contributed by atoms with Crippen LogP contribution in [0.25, 0.3) is 0 Å². The Kier molecular flexibility index (Phi) is 3.72. The van der Waals surface area contributed by atoms with Crippen LogP contribution >= 0.6 is 11.3 Å². The van der Waals surface area contributed by atoms with E-state index in [1.54, 1.807) is 18.2 Å². The summed E-state index contributed by atoms with van der Waals surface area (Å²) in [5, 5.41) is 9.09. The second-order valence-electron chi connectivity index (χ2n) is 4.04. The molecular formula is C14H9F2NOS. The lowest BCUT2D eigenvalue weighted by Gasteiger charge is -2.07. The molecule has 0 saturated carbocycles. The molecule has 0 amide bonds. The smallest absolute Gasteiger partial charge is 0.194 e. The Morgan fingerprint density at radius 2 is 1.89 bits per heavy atom. The highest BCUT2D eigenvalue weighted by atomic mass is 32.1. The average molecular weight is 277 g/mol. The molecule has 0 radical (unpaired) electrons. The molecule has 5 heteroatoms. The molecule has 0 fully saturated rings. The summed E-state index contributed by atoms with van der Waals surface area (Å²) in [4.78, 5) is 13.5. The van der Waals surface area contributed by atoms with Crippen LogP contribution in [0.4, 0.5) is 8.78 Å². The molecule has 2 aromatic rings. The van der Waals surface area contributed by atoms with Crippen molar-refractivity contribution in [2.75, 3.05) is 0 Å². The molecular weight excluding hydrogens is 268 g/mol. The van der Waals surface area contributed by atoms with Gasteiger partial charge in [0.2, 0.25) is 0 Å². The van der Waals surface area contributed by atoms with Crippen molar-refractivity contribution in [3.8, 4) is 6.07 Å². The van der Waals surface area contributed by atoms with Gasteiger partial charge in [0.05, 0.1) is 10.9 Å². The number of Topliss-reactive ketones (excluding diaryl/α,β-unsaturated/α-hetero) is 1. The topological polar surface area (TPSA) is 40.9 Å². The zero-order valence-corrected chi connectivity index (χ0v) is 10.8. The maximum Gasteiger partial charge on any atom is 0.194 e. The van der Waals surface area contributed by atoms with Gasteiger partial charge >= 0.3 is 0 Å². The van der Waals surface area contributed by atoms with Crippen LogP contribution in [0.3, 0.4) is 0 Å². The van der Waals surface area contributed by atoms with Gasteiger partial charge in [-0.3, -0.25) is 4.79 Å². The quantitative estimate of drug-likeness (QED) is 0.800. The summed E-state index contributed by atoms with van der Waals surface area (Å²) in [6.07, 6.45) is 0. The average Bonchev–Trinajstić information content (AvgIpc) is 2.75. The van der Waals surface area contributed by atoms with Crippen LogP contribution in [0.1, 0.15) is 26.0 Å². The van der Waals surface area contributed by atoms with Gasteiger partial charge in [0, 0.05) is 10.9 Å². The minimum atomic E-state index is -1.19. The van der Waals surface area contributed by atoms with Crippen LogP contribution in [-0.4, -0.2) is 5.78 Å². The zero-order valence-electron chi connectivity index (χ0n) is 9.98. The highest BCUT2D eigenvalue weighted by molar-refractivity contribution is 7.14. The number of nitrogens with zero attached hydrogens (tertiary/aromatic N) is 1. The van der Waals surface area contributed by atoms with E-state index in [2.05, 4.69) is 0 Å². The number of rotatable bonds is 3. The summed E-state index contributed by atoms with van der Waals surface area (Å²) in [5.74, 6) is -3.23. The second-order valence-corrected chi connectivity index (χ2v) is 5.33. The van der Waals surface area contributed by atoms with Crippen LogP contribution < -0.4 is 0 Å². The summed E-state index contributed by atoms with van der Waals surface area (Å²) in [5.41, 5.74) is 0.0380. The Hall–Kier alpha value is -2.06. The second kappa shape index (κ2) is 5.29. The van der Waals surface area contributed by atoms with E-state index in [0.717, 1.165) is 17.0 Å². The third-order valence-corrected chi connectivity index (χ3v) is 3.61. The maximum atomic E-state index is 13.1. The van der Waals surface area contributed by atoms with Crippen molar-refractivity contribution >= 4 is 17.1 Å². The molecule has 0 N–H and O–H groups in total. The van der Waals surface area contributed by atoms with Gasteiger partial charge in [-0.05, 0) is 36.8 Å². The summed E-state index contributed by atoms with van der Waals surface area (Å²) >= 11 is 1.25. The molecule has 1 aromatic carbocycles. The zero-order chi connectivity index (χ0) is 14.0. The van der Waals surface area contributed by atoms with Crippen molar-refractivity contribution in [2.45, 2.75) is 12.8 Å². The molecule has 1 aromatic heterocycles. The summed E-state index contributed by atoms with van der Waals surface area (Å²) < 4.78 is 26.3. The van der Waals surface area contributed by atoms with Crippen molar-refractivity contribution in [1.82, 2.24) is 0 Å². The third kappa shape index (κ3) is 2.85. The standard InChI is InChI=1S/C14H9F2NOS/c1-8-2-3-13(19-8)14(18)12(7-17)9-4-10(15)6-11(16)5-9/h2-6,12H,1H3. The van der Waals surface area contributed by atoms with E-state index in [-0.39, 0.29) is 5.56 Å². The van der Waals surface area contributed by atoms with E-state index in [0.29, 0.717) is 10.9 Å². The number of nitriles is 1. The van der Waals surface area contributed by atoms with Gasteiger partial charge in [-0.15, -0.1) is 11.3 Å². The summed E-state index contributed by atoms with van der Waals surface area (Å²) in [6.45, 7) is 1.84. The fraction of sp³-hybridized carbons (Fsp3) is 0.143. The molecule has 2 rings (SSSR count). The van der Waals surface area contributed by atoms with Crippen molar-refractivity contribution in [3.63, 3.8) is 0 Å². The fourth-order valence-electron chi connectivity index (χ4n) is 1.74. The van der Waals surface area contributed by atoms with Gasteiger partial charge in [-0.2, -0.15) is 5.26 Å². The number of aryl methyl sites for hydroxylation is 1. The van der Waals surface area contributed by atoms with Gasteiger partial charge in [0.15, 0.2) is 5.78 Å². The molecule has 0 aliphatic rings. The van der Waals surface area contributed by atoms with Gasteiger partial charge < -0.3 is 0 Å². The number of carbonyl (C=O) groups excluding carboxylic acids is 1. The van der Waals surface area contributed by atoms with Gasteiger partial charge in [-0.1, -0.05) is 0 Å². The first-order chi connectivity index (χ1) is 9.01. The number of hydrogen-bond acceptors (Lipinski definition) is 3. The van der Waals surface area contributed by atoms with Crippen LogP contribution in [-0.2, 0) is 0 Å². The lowest BCUT2D eigenvalue weighted by molar-refractivity contribution is 0.0982. The first-order valence-electron chi connectivity index (χ1n) is 5.47. The summed E-state index contributed by atoms with van der Waals surface area (Å²) in [7, 11) is 0. The highest BCUT2D eigenvalue weighted by Gasteiger charge is 2.24. The summed E-state index contributed by atoms with van der Waals surface area (Å²) in [6, 6.07) is 7.90. The predicted molar refractivity (Wildman–Crippen MR) is 68.1 cm³/mol. The largest absolute Gasteiger partial charge is 0.291 e. The molecule has 1 atom stereocenters. The van der Waals surface area contributed by atoms with Gasteiger partial charge in [0.1, 0.15) is 17.6 Å². The number of hydrogen-bond donors (Lipinski definition) is 0. The Balaban J connectivity index is 2.40. The van der Waals surface area contributed by atoms with E-state index in [9.17, 15) is 13.6 Å². The van der Waals surface area contributed by atoms with E-state index >= 15 is 0 Å². The van der Waals surface area contributed by atoms with Crippen LogP contribution in [0.5, 0.6) is 0 Å². The molecule has 1 heterocycles. The first-order valence-corrected chi connectivity index (χ1v) is 6.29. The Labute approximate surface area is 112 Å². The number of halogens is 2. The number of carbonyl (C=O) groups is 1. The molecule has 0 saturated heterocycles. The number of thiophene rings is 1. The molecule has 1 unspecified atom stereocenters. The molecule has 96 valence electrons. The molecule has 0 aliphatic carbocycles. The SMILES string of the molecule is Cc1ccc(C(=O)C(C#N)c2cc(F)cc(F)c2)s1. The lowest BCUT2D eigenvalue weighted by Crippen LogP contribution is -2.10. The van der Waals surface area contributed by atoms with Crippen LogP contribution in [0, 0.1) is 29.9 Å². The van der Waals surface area contributed by atoms with Crippen molar-refractivity contribution in [2.24, 2.45) is 0 Å². The number of benzene rings is 1. The molecule has 2 nitrogen and oxygen atoms in total. The minimum Gasteiger partial charge on any atom is -0.291 e. The van der Waals surface area contributed by atoms with Crippen molar-refractivity contribution in [1.29, 1.82) is 5.26 Å². The van der Waals surface area contributed by atoms with E-state index < -0.39 is 23.3 Å². The van der Waals surface area contributed by atoms with Gasteiger partial charge in [0.25, 0.3) is 0 Å². The van der Waals surface area contributed by atoms with E-state index in [1.165, 1.54) is 11.3 Å². The monoisotopic (exact) mass is 277 g/mol. The van der Waals surface area contributed by atoms with Crippen molar-refractivity contribution < 1.29 is 13.6 Å². The Bertz CT molecular complexity index is 652. The molecule has 0 aliphatic heterocycles. The van der Waals surface area contributed by atoms with Crippen LogP contribution in [0.2, 0.25) is 0 Å². The van der Waals surface area contributed by atoms with E-state index in [1.807, 2.05) is 6.92 Å². The van der Waals surface area contributed by atoms with Crippen LogP contribution in [0.15, 0.2) is 30.3 Å². The molecule has 19 heavy (non-hydrogen) atoms. The first kappa shape index (κ1) is 13.4. The predicted octanol–water partition coefficient (Wildman–Crippen LogP) is 3.82. The normalized spacial score (nSPS) is 11.9. The van der Waals surface area contributed by atoms with Gasteiger partial charge in [-0.25, -0.2) is 8.78 Å². The van der Waals surface area contributed by atoms with E-state index in [4.69, 9.17) is 5.26 Å². The Morgan fingerprint density at radius 3 is 2.37 bits per heavy atom. The number of ketones is 1. The fourth-order valence-corrected chi connectivity index (χ4v) is 2.57. The minimum absolute atomic E-state index is 0.0380. The molecule has 0 bridgehead atoms. The maximum absolute atomic E-state index is 13.1. The highest BCUT2D eigenvalue weighted by Crippen LogP contribution is 2.26.